The van der Waals surface area contributed by atoms with E-state index >= 15 is 0 Å². The molecule has 0 bridgehead atoms. The fourth-order valence-corrected chi connectivity index (χ4v) is 1.27. The van der Waals surface area contributed by atoms with Crippen LogP contribution in [0.2, 0.25) is 5.02 Å². The summed E-state index contributed by atoms with van der Waals surface area (Å²) in [7, 11) is 0. The Kier molecular flexibility index (Phi) is 1.43. The first-order valence-corrected chi connectivity index (χ1v) is 4.03. The maximum atomic E-state index is 13.3. The molecule has 0 aliphatic heterocycles. The van der Waals surface area contributed by atoms with Crippen LogP contribution in [0.1, 0.15) is 18.4 Å². The van der Waals surface area contributed by atoms with E-state index < -0.39 is 5.67 Å². The fourth-order valence-electron chi connectivity index (χ4n) is 1.15. The third kappa shape index (κ3) is 1.25. The van der Waals surface area contributed by atoms with Crippen molar-refractivity contribution in [2.45, 2.75) is 18.5 Å². The summed E-state index contributed by atoms with van der Waals surface area (Å²) < 4.78 is 13.3. The highest BCUT2D eigenvalue weighted by Crippen LogP contribution is 2.49. The zero-order valence-electron chi connectivity index (χ0n) is 5.98. The summed E-state index contributed by atoms with van der Waals surface area (Å²) in [6.07, 6.45) is 1.32. The molecule has 0 radical (unpaired) electrons. The van der Waals surface area contributed by atoms with Crippen molar-refractivity contribution in [1.29, 1.82) is 0 Å². The third-order valence-corrected chi connectivity index (χ3v) is 2.30. The van der Waals surface area contributed by atoms with E-state index in [0.717, 1.165) is 5.56 Å². The fraction of sp³-hybridized carbons (Fsp3) is 0.333. The van der Waals surface area contributed by atoms with Gasteiger partial charge in [0.1, 0.15) is 5.67 Å². The maximum Gasteiger partial charge on any atom is 0.136 e. The van der Waals surface area contributed by atoms with Gasteiger partial charge in [0.05, 0.1) is 0 Å². The number of hydrogen-bond acceptors (Lipinski definition) is 0. The Bertz CT molecular complexity index is 261. The lowest BCUT2D eigenvalue weighted by atomic mass is 10.1. The predicted molar refractivity (Wildman–Crippen MR) is 43.5 cm³/mol. The molecule has 1 aromatic carbocycles. The van der Waals surface area contributed by atoms with Gasteiger partial charge in [0, 0.05) is 5.02 Å². The van der Waals surface area contributed by atoms with Gasteiger partial charge < -0.3 is 0 Å². The third-order valence-electron chi connectivity index (χ3n) is 2.05. The van der Waals surface area contributed by atoms with E-state index in [0.29, 0.717) is 17.9 Å². The number of rotatable bonds is 1. The van der Waals surface area contributed by atoms with Gasteiger partial charge in [-0.05, 0) is 30.5 Å². The molecule has 0 atom stereocenters. The molecule has 58 valence electrons. The van der Waals surface area contributed by atoms with Gasteiger partial charge in [0.25, 0.3) is 0 Å². The van der Waals surface area contributed by atoms with E-state index in [2.05, 4.69) is 0 Å². The van der Waals surface area contributed by atoms with Gasteiger partial charge in [-0.25, -0.2) is 4.39 Å². The summed E-state index contributed by atoms with van der Waals surface area (Å²) in [5.41, 5.74) is -0.258. The monoisotopic (exact) mass is 170 g/mol. The molecule has 0 amide bonds. The summed E-state index contributed by atoms with van der Waals surface area (Å²) in [5.74, 6) is 0. The van der Waals surface area contributed by atoms with E-state index in [1.807, 2.05) is 0 Å². The van der Waals surface area contributed by atoms with Gasteiger partial charge >= 0.3 is 0 Å². The van der Waals surface area contributed by atoms with Gasteiger partial charge in [0.15, 0.2) is 0 Å². The molecule has 0 saturated heterocycles. The first-order valence-electron chi connectivity index (χ1n) is 3.66. The van der Waals surface area contributed by atoms with E-state index in [1.165, 1.54) is 0 Å². The number of halogens is 2. The molecule has 1 aliphatic rings. The lowest BCUT2D eigenvalue weighted by molar-refractivity contribution is 0.317. The topological polar surface area (TPSA) is 0 Å². The molecule has 11 heavy (non-hydrogen) atoms. The van der Waals surface area contributed by atoms with Crippen molar-refractivity contribution in [3.63, 3.8) is 0 Å². The first-order chi connectivity index (χ1) is 5.21. The second-order valence-electron chi connectivity index (χ2n) is 2.97. The van der Waals surface area contributed by atoms with E-state index in [4.69, 9.17) is 11.6 Å². The first kappa shape index (κ1) is 7.11. The zero-order valence-corrected chi connectivity index (χ0v) is 6.74. The number of alkyl halides is 1. The minimum absolute atomic E-state index is 0.661. The maximum absolute atomic E-state index is 13.3. The van der Waals surface area contributed by atoms with Crippen molar-refractivity contribution in [2.75, 3.05) is 0 Å². The second kappa shape index (κ2) is 2.21. The molecule has 1 aliphatic carbocycles. The highest BCUT2D eigenvalue weighted by atomic mass is 35.5. The average molecular weight is 171 g/mol. The van der Waals surface area contributed by atoms with E-state index in [9.17, 15) is 4.39 Å². The number of hydrogen-bond donors (Lipinski definition) is 0. The van der Waals surface area contributed by atoms with Gasteiger partial charge in [0.2, 0.25) is 0 Å². The van der Waals surface area contributed by atoms with Crippen LogP contribution in [-0.2, 0) is 5.67 Å². The minimum Gasteiger partial charge on any atom is -0.239 e. The van der Waals surface area contributed by atoms with Crippen molar-refractivity contribution in [1.82, 2.24) is 0 Å². The molecule has 0 N–H and O–H groups in total. The van der Waals surface area contributed by atoms with Crippen LogP contribution in [0.4, 0.5) is 4.39 Å². The van der Waals surface area contributed by atoms with Crippen LogP contribution in [-0.4, -0.2) is 0 Å². The molecule has 1 fully saturated rings. The van der Waals surface area contributed by atoms with Gasteiger partial charge in [-0.1, -0.05) is 23.7 Å². The molecular formula is C9H8ClF. The SMILES string of the molecule is FC1(c2ccc(Cl)cc2)CC1. The normalized spacial score (nSPS) is 19.8. The molecule has 2 heteroatoms. The molecule has 1 saturated carbocycles. The number of benzene rings is 1. The van der Waals surface area contributed by atoms with Gasteiger partial charge in [-0.15, -0.1) is 0 Å². The molecule has 0 spiro atoms. The lowest BCUT2D eigenvalue weighted by Gasteiger charge is -2.03. The Balaban J connectivity index is 2.33. The van der Waals surface area contributed by atoms with Crippen molar-refractivity contribution in [2.24, 2.45) is 0 Å². The van der Waals surface area contributed by atoms with Crippen LogP contribution in [0.25, 0.3) is 0 Å². The summed E-state index contributed by atoms with van der Waals surface area (Å²) in [5, 5.41) is 0.665. The molecule has 2 rings (SSSR count). The van der Waals surface area contributed by atoms with Crippen LogP contribution >= 0.6 is 11.6 Å². The summed E-state index contributed by atoms with van der Waals surface area (Å²) in [6, 6.07) is 6.98. The summed E-state index contributed by atoms with van der Waals surface area (Å²) >= 11 is 5.66. The second-order valence-corrected chi connectivity index (χ2v) is 3.41. The van der Waals surface area contributed by atoms with E-state index in [1.54, 1.807) is 24.3 Å². The van der Waals surface area contributed by atoms with Crippen LogP contribution in [0.15, 0.2) is 24.3 Å². The van der Waals surface area contributed by atoms with Crippen molar-refractivity contribution < 1.29 is 4.39 Å². The van der Waals surface area contributed by atoms with Crippen LogP contribution in [0, 0.1) is 0 Å². The molecular weight excluding hydrogens is 163 g/mol. The Morgan fingerprint density at radius 2 is 1.73 bits per heavy atom. The molecule has 0 heterocycles. The van der Waals surface area contributed by atoms with Crippen LogP contribution in [0.3, 0.4) is 0 Å². The Morgan fingerprint density at radius 3 is 2.18 bits per heavy atom. The largest absolute Gasteiger partial charge is 0.239 e. The summed E-state index contributed by atoms with van der Waals surface area (Å²) in [4.78, 5) is 0. The van der Waals surface area contributed by atoms with Crippen LogP contribution in [0.5, 0.6) is 0 Å². The van der Waals surface area contributed by atoms with Crippen LogP contribution < -0.4 is 0 Å². The Labute approximate surface area is 70.0 Å². The van der Waals surface area contributed by atoms with Gasteiger partial charge in [-0.3, -0.25) is 0 Å². The molecule has 0 nitrogen and oxygen atoms in total. The predicted octanol–water partition coefficient (Wildman–Crippen LogP) is 3.30. The standard InChI is InChI=1S/C9H8ClF/c10-8-3-1-7(2-4-8)9(11)5-6-9/h1-4H,5-6H2. The lowest BCUT2D eigenvalue weighted by Crippen LogP contribution is -1.95. The average Bonchev–Trinajstić information content (AvgIpc) is 2.70. The highest BCUT2D eigenvalue weighted by molar-refractivity contribution is 6.30. The van der Waals surface area contributed by atoms with Crippen molar-refractivity contribution >= 4 is 11.6 Å². The smallest absolute Gasteiger partial charge is 0.136 e. The Morgan fingerprint density at radius 1 is 1.18 bits per heavy atom. The summed E-state index contributed by atoms with van der Waals surface area (Å²) in [6.45, 7) is 0. The highest BCUT2D eigenvalue weighted by Gasteiger charge is 2.44. The van der Waals surface area contributed by atoms with E-state index in [-0.39, 0.29) is 0 Å². The Hall–Kier alpha value is -0.560. The van der Waals surface area contributed by atoms with Crippen molar-refractivity contribution in [3.05, 3.63) is 34.9 Å². The minimum atomic E-state index is -1.02. The van der Waals surface area contributed by atoms with Gasteiger partial charge in [-0.2, -0.15) is 0 Å². The molecule has 1 aromatic rings. The molecule has 0 unspecified atom stereocenters. The zero-order chi connectivity index (χ0) is 7.90. The van der Waals surface area contributed by atoms with Crippen molar-refractivity contribution in [3.8, 4) is 0 Å². The molecule has 0 aromatic heterocycles. The quantitative estimate of drug-likeness (QED) is 0.607.